The second-order valence-corrected chi connectivity index (χ2v) is 4.97. The van der Waals surface area contributed by atoms with Crippen molar-refractivity contribution in [2.75, 3.05) is 21.3 Å². The fourth-order valence-electron chi connectivity index (χ4n) is 2.69. The number of amides is 2. The molecule has 0 heterocycles. The molecule has 0 aromatic heterocycles. The molecule has 1 aliphatic rings. The summed E-state index contributed by atoms with van der Waals surface area (Å²) in [6.45, 7) is 0. The van der Waals surface area contributed by atoms with Gasteiger partial charge in [-0.2, -0.15) is 5.10 Å². The van der Waals surface area contributed by atoms with E-state index in [9.17, 15) is 4.79 Å². The van der Waals surface area contributed by atoms with Crippen LogP contribution >= 0.6 is 0 Å². The standard InChI is InChI=1S/C15H21N3O4/c1-20-12-7-9-5-4-6-10(17-18-15(16)19)8-11(9)13(21-2)14(12)22-3/h7H,4-6,8H2,1-3H3,(H3,16,18,19)/b17-10-. The first kappa shape index (κ1) is 15.9. The maximum absolute atomic E-state index is 10.8. The zero-order chi connectivity index (χ0) is 16.1. The van der Waals surface area contributed by atoms with Crippen molar-refractivity contribution in [3.05, 3.63) is 17.2 Å². The number of fused-ring (bicyclic) bond motifs is 1. The minimum atomic E-state index is -0.670. The first-order chi connectivity index (χ1) is 10.6. The number of hydrazone groups is 1. The molecule has 1 aromatic rings. The number of carbonyl (C=O) groups is 1. The first-order valence-electron chi connectivity index (χ1n) is 7.02. The maximum atomic E-state index is 10.8. The lowest BCUT2D eigenvalue weighted by Gasteiger charge is -2.18. The number of hydrogen-bond acceptors (Lipinski definition) is 5. The number of nitrogens with zero attached hydrogens (tertiary/aromatic N) is 1. The number of ether oxygens (including phenoxy) is 3. The molecule has 0 unspecified atom stereocenters. The summed E-state index contributed by atoms with van der Waals surface area (Å²) in [5.74, 6) is 1.85. The molecule has 120 valence electrons. The molecule has 0 fully saturated rings. The summed E-state index contributed by atoms with van der Waals surface area (Å²) in [5, 5.41) is 4.08. The van der Waals surface area contributed by atoms with Gasteiger partial charge in [0, 0.05) is 17.7 Å². The van der Waals surface area contributed by atoms with Gasteiger partial charge >= 0.3 is 6.03 Å². The zero-order valence-corrected chi connectivity index (χ0v) is 13.1. The van der Waals surface area contributed by atoms with E-state index in [0.717, 1.165) is 36.1 Å². The third kappa shape index (κ3) is 3.24. The van der Waals surface area contributed by atoms with E-state index in [2.05, 4.69) is 10.5 Å². The smallest absolute Gasteiger partial charge is 0.332 e. The third-order valence-corrected chi connectivity index (χ3v) is 3.64. The quantitative estimate of drug-likeness (QED) is 0.652. The lowest BCUT2D eigenvalue weighted by molar-refractivity contribution is 0.249. The number of primary amides is 1. The first-order valence-corrected chi connectivity index (χ1v) is 7.02. The highest BCUT2D eigenvalue weighted by Crippen LogP contribution is 2.43. The van der Waals surface area contributed by atoms with Gasteiger partial charge in [-0.3, -0.25) is 0 Å². The molecule has 2 amide bonds. The molecule has 0 saturated carbocycles. The Morgan fingerprint density at radius 1 is 1.18 bits per heavy atom. The highest BCUT2D eigenvalue weighted by atomic mass is 16.5. The molecular weight excluding hydrogens is 286 g/mol. The Bertz CT molecular complexity index is 599. The summed E-state index contributed by atoms with van der Waals surface area (Å²) < 4.78 is 16.3. The summed E-state index contributed by atoms with van der Waals surface area (Å²) in [5.41, 5.74) is 10.3. The normalized spacial score (nSPS) is 15.7. The molecular formula is C15H21N3O4. The van der Waals surface area contributed by atoms with Crippen LogP contribution < -0.4 is 25.4 Å². The van der Waals surface area contributed by atoms with Gasteiger partial charge < -0.3 is 19.9 Å². The number of hydrogen-bond donors (Lipinski definition) is 2. The Hall–Kier alpha value is -2.44. The van der Waals surface area contributed by atoms with E-state index in [1.54, 1.807) is 21.3 Å². The molecule has 0 atom stereocenters. The molecule has 0 saturated heterocycles. The summed E-state index contributed by atoms with van der Waals surface area (Å²) in [7, 11) is 4.78. The number of carbonyl (C=O) groups excluding carboxylic acids is 1. The van der Waals surface area contributed by atoms with E-state index in [1.807, 2.05) is 6.07 Å². The lowest BCUT2D eigenvalue weighted by atomic mass is 10.00. The average molecular weight is 307 g/mol. The van der Waals surface area contributed by atoms with Crippen molar-refractivity contribution in [2.24, 2.45) is 10.8 Å². The van der Waals surface area contributed by atoms with Crippen molar-refractivity contribution in [1.82, 2.24) is 5.43 Å². The van der Waals surface area contributed by atoms with Gasteiger partial charge in [0.2, 0.25) is 5.75 Å². The van der Waals surface area contributed by atoms with Crippen LogP contribution in [0.2, 0.25) is 0 Å². The number of benzene rings is 1. The predicted molar refractivity (Wildman–Crippen MR) is 82.9 cm³/mol. The number of aryl methyl sites for hydroxylation is 1. The van der Waals surface area contributed by atoms with E-state index in [-0.39, 0.29) is 0 Å². The molecule has 0 radical (unpaired) electrons. The van der Waals surface area contributed by atoms with E-state index < -0.39 is 6.03 Å². The molecule has 1 aromatic carbocycles. The molecule has 22 heavy (non-hydrogen) atoms. The highest BCUT2D eigenvalue weighted by molar-refractivity contribution is 5.89. The van der Waals surface area contributed by atoms with Gasteiger partial charge in [0.1, 0.15) is 0 Å². The largest absolute Gasteiger partial charge is 0.493 e. The fraction of sp³-hybridized carbons (Fsp3) is 0.467. The summed E-state index contributed by atoms with van der Waals surface area (Å²) in [6, 6.07) is 1.30. The van der Waals surface area contributed by atoms with Crippen molar-refractivity contribution in [3.8, 4) is 17.2 Å². The van der Waals surface area contributed by atoms with Crippen LogP contribution in [0.15, 0.2) is 11.2 Å². The number of rotatable bonds is 4. The van der Waals surface area contributed by atoms with Gasteiger partial charge in [-0.05, 0) is 30.9 Å². The molecule has 7 heteroatoms. The second kappa shape index (κ2) is 7.02. The third-order valence-electron chi connectivity index (χ3n) is 3.64. The maximum Gasteiger partial charge on any atom is 0.332 e. The number of nitrogens with two attached hydrogens (primary N) is 1. The minimum absolute atomic E-state index is 0.563. The van der Waals surface area contributed by atoms with E-state index in [1.165, 1.54) is 0 Å². The van der Waals surface area contributed by atoms with Gasteiger partial charge in [-0.15, -0.1) is 0 Å². The number of nitrogens with one attached hydrogen (secondary N) is 1. The molecule has 3 N–H and O–H groups in total. The Balaban J connectivity index is 2.47. The average Bonchev–Trinajstić information content (AvgIpc) is 2.72. The molecule has 7 nitrogen and oxygen atoms in total. The molecule has 0 spiro atoms. The van der Waals surface area contributed by atoms with Crippen LogP contribution in [0.1, 0.15) is 24.0 Å². The van der Waals surface area contributed by atoms with Crippen LogP contribution in [0.5, 0.6) is 17.2 Å². The fourth-order valence-corrected chi connectivity index (χ4v) is 2.69. The van der Waals surface area contributed by atoms with E-state index in [4.69, 9.17) is 19.9 Å². The van der Waals surface area contributed by atoms with Crippen LogP contribution in [-0.2, 0) is 12.8 Å². The summed E-state index contributed by atoms with van der Waals surface area (Å²) in [4.78, 5) is 10.8. The monoisotopic (exact) mass is 307 g/mol. The Kier molecular flexibility index (Phi) is 5.08. The predicted octanol–water partition coefficient (Wildman–Crippen LogP) is 1.62. The Morgan fingerprint density at radius 3 is 2.50 bits per heavy atom. The van der Waals surface area contributed by atoms with Gasteiger partial charge in [0.25, 0.3) is 0 Å². The number of urea groups is 1. The van der Waals surface area contributed by atoms with Crippen LogP contribution in [0, 0.1) is 0 Å². The van der Waals surface area contributed by atoms with Gasteiger partial charge in [-0.25, -0.2) is 10.2 Å². The van der Waals surface area contributed by atoms with Crippen LogP contribution in [0.3, 0.4) is 0 Å². The number of methoxy groups -OCH3 is 3. The molecule has 0 aliphatic heterocycles. The van der Waals surface area contributed by atoms with Gasteiger partial charge in [-0.1, -0.05) is 0 Å². The second-order valence-electron chi connectivity index (χ2n) is 4.97. The molecule has 0 bridgehead atoms. The SMILES string of the molecule is COc1cc2c(c(OC)c1OC)C/C(=N\NC(N)=O)CCC2. The van der Waals surface area contributed by atoms with Crippen molar-refractivity contribution in [2.45, 2.75) is 25.7 Å². The van der Waals surface area contributed by atoms with Crippen molar-refractivity contribution >= 4 is 11.7 Å². The van der Waals surface area contributed by atoms with E-state index in [0.29, 0.717) is 23.7 Å². The van der Waals surface area contributed by atoms with Crippen LogP contribution in [0.4, 0.5) is 4.79 Å². The van der Waals surface area contributed by atoms with Crippen LogP contribution in [0.25, 0.3) is 0 Å². The molecule has 1 aliphatic carbocycles. The lowest BCUT2D eigenvalue weighted by Crippen LogP contribution is -2.26. The highest BCUT2D eigenvalue weighted by Gasteiger charge is 2.23. The van der Waals surface area contributed by atoms with Crippen molar-refractivity contribution < 1.29 is 19.0 Å². The zero-order valence-electron chi connectivity index (χ0n) is 13.1. The van der Waals surface area contributed by atoms with Crippen molar-refractivity contribution in [3.63, 3.8) is 0 Å². The summed E-state index contributed by atoms with van der Waals surface area (Å²) >= 11 is 0. The minimum Gasteiger partial charge on any atom is -0.493 e. The topological polar surface area (TPSA) is 95.2 Å². The van der Waals surface area contributed by atoms with Gasteiger partial charge in [0.05, 0.1) is 21.3 Å². The van der Waals surface area contributed by atoms with Gasteiger partial charge in [0.15, 0.2) is 11.5 Å². The van der Waals surface area contributed by atoms with Crippen LogP contribution in [-0.4, -0.2) is 33.1 Å². The Morgan fingerprint density at radius 2 is 1.91 bits per heavy atom. The molecule has 2 rings (SSSR count). The Labute approximate surface area is 129 Å². The summed E-state index contributed by atoms with van der Waals surface area (Å²) in [6.07, 6.45) is 3.15. The van der Waals surface area contributed by atoms with E-state index >= 15 is 0 Å². The van der Waals surface area contributed by atoms with Crippen molar-refractivity contribution in [1.29, 1.82) is 0 Å².